The Morgan fingerprint density at radius 3 is 2.65 bits per heavy atom. The number of anilines is 2. The van der Waals surface area contributed by atoms with Crippen LogP contribution in [0.2, 0.25) is 0 Å². The van der Waals surface area contributed by atoms with Gasteiger partial charge in [0.1, 0.15) is 0 Å². The van der Waals surface area contributed by atoms with Crippen LogP contribution in [0.1, 0.15) is 19.3 Å². The van der Waals surface area contributed by atoms with Crippen molar-refractivity contribution in [2.45, 2.75) is 25.4 Å². The van der Waals surface area contributed by atoms with E-state index in [4.69, 9.17) is 5.73 Å². The average Bonchev–Trinajstić information content (AvgIpc) is 2.40. The molecular formula is C14H16F3N3. The summed E-state index contributed by atoms with van der Waals surface area (Å²) in [6, 6.07) is 5.42. The Balaban J connectivity index is 1.95. The Morgan fingerprint density at radius 1 is 1.10 bits per heavy atom. The highest BCUT2D eigenvalue weighted by Gasteiger charge is 2.25. The largest absolute Gasteiger partial charge is 0.398 e. The summed E-state index contributed by atoms with van der Waals surface area (Å²) < 4.78 is 36.0. The quantitative estimate of drug-likeness (QED) is 0.645. The fourth-order valence-corrected chi connectivity index (χ4v) is 2.04. The Hall–Kier alpha value is -1.98. The number of nitrogens with one attached hydrogen (secondary N) is 1. The molecule has 20 heavy (non-hydrogen) atoms. The maximum atomic E-state index is 12.0. The molecule has 0 aliphatic carbocycles. The molecule has 0 aliphatic rings. The number of pyridine rings is 1. The minimum atomic E-state index is -4.07. The first-order valence-corrected chi connectivity index (χ1v) is 6.40. The SMILES string of the molecule is Nc1ccc(NCCCCC(F)(F)F)c2cnccc12. The lowest BCUT2D eigenvalue weighted by Gasteiger charge is -2.11. The van der Waals surface area contributed by atoms with E-state index in [0.717, 1.165) is 16.5 Å². The Bertz CT molecular complexity index is 581. The van der Waals surface area contributed by atoms with Gasteiger partial charge in [0.2, 0.25) is 0 Å². The first kappa shape index (κ1) is 14.4. The number of halogens is 3. The van der Waals surface area contributed by atoms with E-state index in [1.807, 2.05) is 12.1 Å². The van der Waals surface area contributed by atoms with Gasteiger partial charge >= 0.3 is 6.18 Å². The summed E-state index contributed by atoms with van der Waals surface area (Å²) in [5, 5.41) is 4.91. The fourth-order valence-electron chi connectivity index (χ4n) is 2.04. The molecule has 0 spiro atoms. The standard InChI is InChI=1S/C14H16F3N3/c15-14(16,17)6-1-2-7-20-13-4-3-12(18)10-5-8-19-9-11(10)13/h3-5,8-9,20H,1-2,6-7,18H2. The lowest BCUT2D eigenvalue weighted by Crippen LogP contribution is -2.09. The van der Waals surface area contributed by atoms with Crippen LogP contribution in [0.15, 0.2) is 30.6 Å². The molecule has 0 unspecified atom stereocenters. The molecule has 1 aromatic heterocycles. The molecule has 0 fully saturated rings. The number of nitrogens with zero attached hydrogens (tertiary/aromatic N) is 1. The van der Waals surface area contributed by atoms with E-state index in [1.165, 1.54) is 0 Å². The third-order valence-corrected chi connectivity index (χ3v) is 3.05. The van der Waals surface area contributed by atoms with Crippen molar-refractivity contribution in [3.05, 3.63) is 30.6 Å². The number of rotatable bonds is 5. The average molecular weight is 283 g/mol. The van der Waals surface area contributed by atoms with Gasteiger partial charge in [0.05, 0.1) is 0 Å². The molecule has 6 heteroatoms. The van der Waals surface area contributed by atoms with Gasteiger partial charge in [-0.25, -0.2) is 0 Å². The first-order chi connectivity index (χ1) is 9.47. The van der Waals surface area contributed by atoms with Gasteiger partial charge in [-0.15, -0.1) is 0 Å². The molecule has 0 radical (unpaired) electrons. The summed E-state index contributed by atoms with van der Waals surface area (Å²) in [7, 11) is 0. The van der Waals surface area contributed by atoms with Gasteiger partial charge in [-0.1, -0.05) is 0 Å². The number of hydrogen-bond acceptors (Lipinski definition) is 3. The van der Waals surface area contributed by atoms with E-state index in [9.17, 15) is 13.2 Å². The highest BCUT2D eigenvalue weighted by Crippen LogP contribution is 2.27. The molecule has 3 nitrogen and oxygen atoms in total. The van der Waals surface area contributed by atoms with Gasteiger partial charge in [0, 0.05) is 47.5 Å². The summed E-state index contributed by atoms with van der Waals surface area (Å²) in [6.45, 7) is 0.490. The van der Waals surface area contributed by atoms with Crippen LogP contribution >= 0.6 is 0 Å². The highest BCUT2D eigenvalue weighted by atomic mass is 19.4. The molecule has 2 aromatic rings. The van der Waals surface area contributed by atoms with Crippen molar-refractivity contribution in [1.29, 1.82) is 0 Å². The van der Waals surface area contributed by atoms with Crippen LogP contribution in [0.25, 0.3) is 10.8 Å². The van der Waals surface area contributed by atoms with Gasteiger partial charge in [-0.3, -0.25) is 4.98 Å². The molecule has 0 atom stereocenters. The zero-order chi connectivity index (χ0) is 14.6. The molecule has 0 bridgehead atoms. The second kappa shape index (κ2) is 5.98. The van der Waals surface area contributed by atoms with Gasteiger partial charge in [0.25, 0.3) is 0 Å². The van der Waals surface area contributed by atoms with E-state index in [2.05, 4.69) is 10.3 Å². The number of unbranched alkanes of at least 4 members (excludes halogenated alkanes) is 1. The summed E-state index contributed by atoms with van der Waals surface area (Å²) >= 11 is 0. The number of aromatic nitrogens is 1. The van der Waals surface area contributed by atoms with Crippen molar-refractivity contribution in [2.24, 2.45) is 0 Å². The van der Waals surface area contributed by atoms with Crippen LogP contribution in [-0.4, -0.2) is 17.7 Å². The Kier molecular flexibility index (Phi) is 4.32. The fraction of sp³-hybridized carbons (Fsp3) is 0.357. The summed E-state index contributed by atoms with van der Waals surface area (Å²) in [5.74, 6) is 0. The number of fused-ring (bicyclic) bond motifs is 1. The smallest absolute Gasteiger partial charge is 0.389 e. The van der Waals surface area contributed by atoms with Crippen molar-refractivity contribution in [3.63, 3.8) is 0 Å². The molecular weight excluding hydrogens is 267 g/mol. The van der Waals surface area contributed by atoms with Crippen LogP contribution in [0.5, 0.6) is 0 Å². The van der Waals surface area contributed by atoms with Crippen molar-refractivity contribution < 1.29 is 13.2 Å². The minimum Gasteiger partial charge on any atom is -0.398 e. The zero-order valence-corrected chi connectivity index (χ0v) is 10.9. The Morgan fingerprint density at radius 2 is 1.90 bits per heavy atom. The third kappa shape index (κ3) is 3.76. The normalized spacial score (nSPS) is 11.8. The molecule has 0 aliphatic heterocycles. The monoisotopic (exact) mass is 283 g/mol. The lowest BCUT2D eigenvalue weighted by atomic mass is 10.1. The molecule has 108 valence electrons. The summed E-state index contributed by atoms with van der Waals surface area (Å²) in [4.78, 5) is 4.05. The zero-order valence-electron chi connectivity index (χ0n) is 10.9. The molecule has 1 heterocycles. The highest BCUT2D eigenvalue weighted by molar-refractivity contribution is 6.00. The van der Waals surface area contributed by atoms with Gasteiger partial charge in [-0.05, 0) is 31.0 Å². The van der Waals surface area contributed by atoms with Crippen LogP contribution in [0, 0.1) is 0 Å². The first-order valence-electron chi connectivity index (χ1n) is 6.40. The number of benzene rings is 1. The number of nitrogens with two attached hydrogens (primary N) is 1. The van der Waals surface area contributed by atoms with Crippen molar-refractivity contribution in [1.82, 2.24) is 4.98 Å². The Labute approximate surface area is 115 Å². The maximum absolute atomic E-state index is 12.0. The van der Waals surface area contributed by atoms with Crippen LogP contribution in [-0.2, 0) is 0 Å². The molecule has 3 N–H and O–H groups in total. The van der Waals surface area contributed by atoms with E-state index >= 15 is 0 Å². The summed E-state index contributed by atoms with van der Waals surface area (Å²) in [6.07, 6.45) is -0.862. The second-order valence-electron chi connectivity index (χ2n) is 4.62. The molecule has 0 saturated heterocycles. The van der Waals surface area contributed by atoms with E-state index in [-0.39, 0.29) is 6.42 Å². The number of nitrogen functional groups attached to an aromatic ring is 1. The molecule has 2 rings (SSSR count). The van der Waals surface area contributed by atoms with E-state index in [0.29, 0.717) is 18.7 Å². The van der Waals surface area contributed by atoms with Crippen LogP contribution in [0.4, 0.5) is 24.5 Å². The number of hydrogen-bond donors (Lipinski definition) is 2. The predicted octanol–water partition coefficient (Wildman–Crippen LogP) is 3.96. The molecule has 1 aromatic carbocycles. The van der Waals surface area contributed by atoms with Crippen LogP contribution in [0.3, 0.4) is 0 Å². The minimum absolute atomic E-state index is 0.127. The predicted molar refractivity (Wildman–Crippen MR) is 74.6 cm³/mol. The van der Waals surface area contributed by atoms with Gasteiger partial charge in [0.15, 0.2) is 0 Å². The second-order valence-corrected chi connectivity index (χ2v) is 4.62. The number of alkyl halides is 3. The van der Waals surface area contributed by atoms with Gasteiger partial charge in [-0.2, -0.15) is 13.2 Å². The third-order valence-electron chi connectivity index (χ3n) is 3.05. The van der Waals surface area contributed by atoms with E-state index in [1.54, 1.807) is 18.5 Å². The maximum Gasteiger partial charge on any atom is 0.389 e. The lowest BCUT2D eigenvalue weighted by molar-refractivity contribution is -0.135. The van der Waals surface area contributed by atoms with Crippen LogP contribution < -0.4 is 11.1 Å². The summed E-state index contributed by atoms with van der Waals surface area (Å²) in [5.41, 5.74) is 7.37. The van der Waals surface area contributed by atoms with Crippen molar-refractivity contribution in [2.75, 3.05) is 17.6 Å². The van der Waals surface area contributed by atoms with E-state index < -0.39 is 12.6 Å². The topological polar surface area (TPSA) is 50.9 Å². The molecule has 0 amide bonds. The van der Waals surface area contributed by atoms with Crippen molar-refractivity contribution in [3.8, 4) is 0 Å². The molecule has 0 saturated carbocycles. The van der Waals surface area contributed by atoms with Gasteiger partial charge < -0.3 is 11.1 Å². The van der Waals surface area contributed by atoms with Crippen molar-refractivity contribution >= 4 is 22.1 Å².